The molecule has 0 spiro atoms. The normalized spacial score (nSPS) is 12.6. The van der Waals surface area contributed by atoms with Crippen molar-refractivity contribution < 1.29 is 14.3 Å². The summed E-state index contributed by atoms with van der Waals surface area (Å²) in [6.07, 6.45) is 1.43. The van der Waals surface area contributed by atoms with Gasteiger partial charge in [0.2, 0.25) is 6.79 Å². The zero-order chi connectivity index (χ0) is 23.4. The lowest BCUT2D eigenvalue weighted by molar-refractivity contribution is 0.0972. The SMILES string of the molecule is Cc1cc(C(=O)Cn2cnc3c2c(=O)n(C)c(=O)n3C)c(C)n1Cc1ccc2c(c1)OCO2. The van der Waals surface area contributed by atoms with Gasteiger partial charge < -0.3 is 18.6 Å². The lowest BCUT2D eigenvalue weighted by Crippen LogP contribution is -2.37. The highest BCUT2D eigenvalue weighted by Gasteiger charge is 2.20. The van der Waals surface area contributed by atoms with Crippen LogP contribution in [0, 0.1) is 13.8 Å². The second-order valence-electron chi connectivity index (χ2n) is 8.23. The number of benzene rings is 1. The van der Waals surface area contributed by atoms with E-state index in [1.54, 1.807) is 7.05 Å². The molecular formula is C23H23N5O5. The molecule has 0 saturated carbocycles. The van der Waals surface area contributed by atoms with Crippen LogP contribution < -0.4 is 20.7 Å². The molecule has 1 aromatic carbocycles. The standard InChI is InChI=1S/C23H23N5O5/c1-13-7-16(14(2)28(13)9-15-5-6-18-19(8-15)33-12-32-18)17(29)10-27-11-24-21-20(27)22(30)26(4)23(31)25(21)3/h5-8,11H,9-10,12H2,1-4H3. The molecule has 0 aliphatic carbocycles. The zero-order valence-corrected chi connectivity index (χ0v) is 18.8. The van der Waals surface area contributed by atoms with Gasteiger partial charge in [0.05, 0.1) is 12.9 Å². The lowest BCUT2D eigenvalue weighted by atomic mass is 10.1. The van der Waals surface area contributed by atoms with Crippen molar-refractivity contribution in [2.45, 2.75) is 26.9 Å². The second kappa shape index (κ2) is 7.51. The van der Waals surface area contributed by atoms with Gasteiger partial charge in [0, 0.05) is 37.6 Å². The van der Waals surface area contributed by atoms with Crippen molar-refractivity contribution in [2.24, 2.45) is 14.1 Å². The third-order valence-electron chi connectivity index (χ3n) is 6.18. The first kappa shape index (κ1) is 20.8. The largest absolute Gasteiger partial charge is 0.454 e. The van der Waals surface area contributed by atoms with Gasteiger partial charge >= 0.3 is 5.69 Å². The Morgan fingerprint density at radius 3 is 2.61 bits per heavy atom. The molecule has 0 amide bonds. The van der Waals surface area contributed by atoms with Gasteiger partial charge in [-0.25, -0.2) is 9.78 Å². The van der Waals surface area contributed by atoms with Crippen LogP contribution in [0.15, 0.2) is 40.2 Å². The maximum Gasteiger partial charge on any atom is 0.332 e. The molecule has 10 nitrogen and oxygen atoms in total. The summed E-state index contributed by atoms with van der Waals surface area (Å²) in [7, 11) is 2.96. The summed E-state index contributed by atoms with van der Waals surface area (Å²) in [5.74, 6) is 1.30. The van der Waals surface area contributed by atoms with Gasteiger partial charge in [-0.3, -0.25) is 18.7 Å². The van der Waals surface area contributed by atoms with Crippen molar-refractivity contribution in [3.8, 4) is 11.5 Å². The molecule has 170 valence electrons. The summed E-state index contributed by atoms with van der Waals surface area (Å²) in [4.78, 5) is 42.2. The number of ketones is 1. The van der Waals surface area contributed by atoms with Gasteiger partial charge in [-0.2, -0.15) is 0 Å². The van der Waals surface area contributed by atoms with Gasteiger partial charge in [-0.15, -0.1) is 0 Å². The minimum Gasteiger partial charge on any atom is -0.454 e. The van der Waals surface area contributed by atoms with Crippen LogP contribution >= 0.6 is 0 Å². The number of rotatable bonds is 5. The highest BCUT2D eigenvalue weighted by Crippen LogP contribution is 2.33. The molecule has 0 fully saturated rings. The van der Waals surface area contributed by atoms with Crippen LogP contribution in [0.1, 0.15) is 27.3 Å². The minimum atomic E-state index is -0.480. The molecule has 0 saturated heterocycles. The van der Waals surface area contributed by atoms with Crippen molar-refractivity contribution >= 4 is 16.9 Å². The van der Waals surface area contributed by atoms with Crippen LogP contribution in [0.4, 0.5) is 0 Å². The number of hydrogen-bond acceptors (Lipinski definition) is 6. The first-order valence-electron chi connectivity index (χ1n) is 10.5. The zero-order valence-electron chi connectivity index (χ0n) is 18.8. The number of aromatic nitrogens is 5. The van der Waals surface area contributed by atoms with Crippen LogP contribution in [0.5, 0.6) is 11.5 Å². The number of carbonyl (C=O) groups is 1. The Balaban J connectivity index is 1.46. The summed E-state index contributed by atoms with van der Waals surface area (Å²) in [6, 6.07) is 7.67. The Morgan fingerprint density at radius 2 is 1.82 bits per heavy atom. The molecule has 1 aliphatic heterocycles. The Labute approximate surface area is 188 Å². The van der Waals surface area contributed by atoms with Crippen molar-refractivity contribution in [1.29, 1.82) is 0 Å². The summed E-state index contributed by atoms with van der Waals surface area (Å²) >= 11 is 0. The molecule has 0 N–H and O–H groups in total. The predicted octanol–water partition coefficient (Wildman–Crippen LogP) is 1.51. The molecule has 5 rings (SSSR count). The van der Waals surface area contributed by atoms with Gasteiger partial charge in [0.25, 0.3) is 5.56 Å². The first-order valence-corrected chi connectivity index (χ1v) is 10.5. The molecule has 4 aromatic rings. The summed E-state index contributed by atoms with van der Waals surface area (Å²) in [5, 5.41) is 0. The van der Waals surface area contributed by atoms with Crippen LogP contribution in [-0.4, -0.2) is 35.8 Å². The Hall–Kier alpha value is -4.08. The number of Topliss-reactive ketones (excluding diaryl/α,β-unsaturated/α-hetero) is 1. The third kappa shape index (κ3) is 3.25. The van der Waals surface area contributed by atoms with E-state index in [2.05, 4.69) is 9.55 Å². The van der Waals surface area contributed by atoms with Gasteiger partial charge in [0.1, 0.15) is 0 Å². The van der Waals surface area contributed by atoms with Crippen LogP contribution in [-0.2, 0) is 27.2 Å². The third-order valence-corrected chi connectivity index (χ3v) is 6.18. The lowest BCUT2D eigenvalue weighted by Gasteiger charge is -2.11. The number of carbonyl (C=O) groups excluding carboxylic acids is 1. The van der Waals surface area contributed by atoms with Gasteiger partial charge in [-0.05, 0) is 37.6 Å². The summed E-state index contributed by atoms with van der Waals surface area (Å²) in [5.41, 5.74) is 2.93. The van der Waals surface area contributed by atoms with Gasteiger partial charge in [0.15, 0.2) is 28.4 Å². The van der Waals surface area contributed by atoms with E-state index in [0.29, 0.717) is 17.9 Å². The Bertz CT molecular complexity index is 1550. The fourth-order valence-corrected chi connectivity index (χ4v) is 4.31. The minimum absolute atomic E-state index is 0.0573. The van der Waals surface area contributed by atoms with E-state index < -0.39 is 11.2 Å². The number of fused-ring (bicyclic) bond motifs is 2. The number of ether oxygens (including phenoxy) is 2. The van der Waals surface area contributed by atoms with Crippen molar-refractivity contribution in [3.63, 3.8) is 0 Å². The maximum atomic E-state index is 13.2. The molecule has 10 heteroatoms. The molecule has 4 heterocycles. The highest BCUT2D eigenvalue weighted by atomic mass is 16.7. The van der Waals surface area contributed by atoms with E-state index in [9.17, 15) is 14.4 Å². The predicted molar refractivity (Wildman–Crippen MR) is 120 cm³/mol. The molecule has 0 atom stereocenters. The molecule has 0 bridgehead atoms. The first-order chi connectivity index (χ1) is 15.8. The van der Waals surface area contributed by atoms with Crippen molar-refractivity contribution in [3.05, 3.63) is 73.9 Å². The molecular weight excluding hydrogens is 426 g/mol. The maximum absolute atomic E-state index is 13.2. The summed E-state index contributed by atoms with van der Waals surface area (Å²) < 4.78 is 16.7. The molecule has 0 unspecified atom stereocenters. The number of nitrogens with zero attached hydrogens (tertiary/aromatic N) is 5. The molecule has 3 aromatic heterocycles. The topological polar surface area (TPSA) is 102 Å². The van der Waals surface area contributed by atoms with E-state index in [0.717, 1.165) is 27.3 Å². The monoisotopic (exact) mass is 449 g/mol. The fraction of sp³-hybridized carbons (Fsp3) is 0.304. The van der Waals surface area contributed by atoms with Crippen LogP contribution in [0.25, 0.3) is 11.2 Å². The molecule has 0 radical (unpaired) electrons. The Morgan fingerprint density at radius 1 is 1.06 bits per heavy atom. The fourth-order valence-electron chi connectivity index (χ4n) is 4.31. The number of aryl methyl sites for hydroxylation is 2. The van der Waals surface area contributed by atoms with E-state index in [-0.39, 0.29) is 30.3 Å². The summed E-state index contributed by atoms with van der Waals surface area (Å²) in [6.45, 7) is 4.60. The van der Waals surface area contributed by atoms with E-state index in [1.807, 2.05) is 38.1 Å². The molecule has 33 heavy (non-hydrogen) atoms. The average Bonchev–Trinajstić information content (AvgIpc) is 3.50. The number of hydrogen-bond donors (Lipinski definition) is 0. The molecule has 1 aliphatic rings. The van der Waals surface area contributed by atoms with Crippen LogP contribution in [0.2, 0.25) is 0 Å². The van der Waals surface area contributed by atoms with E-state index >= 15 is 0 Å². The van der Waals surface area contributed by atoms with Crippen molar-refractivity contribution in [1.82, 2.24) is 23.3 Å². The smallest absolute Gasteiger partial charge is 0.332 e. The highest BCUT2D eigenvalue weighted by molar-refractivity contribution is 5.98. The quantitative estimate of drug-likeness (QED) is 0.428. The van der Waals surface area contributed by atoms with Crippen molar-refractivity contribution in [2.75, 3.05) is 6.79 Å². The Kier molecular flexibility index (Phi) is 4.73. The second-order valence-corrected chi connectivity index (χ2v) is 8.23. The van der Waals surface area contributed by atoms with Crippen LogP contribution in [0.3, 0.4) is 0 Å². The number of imidazole rings is 1. The van der Waals surface area contributed by atoms with Gasteiger partial charge in [-0.1, -0.05) is 6.07 Å². The van der Waals surface area contributed by atoms with E-state index in [1.165, 1.54) is 22.5 Å². The van der Waals surface area contributed by atoms with E-state index in [4.69, 9.17) is 9.47 Å². The average molecular weight is 449 g/mol.